The molecule has 0 aliphatic carbocycles. The van der Waals surface area contributed by atoms with Gasteiger partial charge in [0.25, 0.3) is 0 Å². The van der Waals surface area contributed by atoms with E-state index in [0.717, 1.165) is 5.56 Å². The molecule has 1 atom stereocenters. The first kappa shape index (κ1) is 11.0. The summed E-state index contributed by atoms with van der Waals surface area (Å²) in [4.78, 5) is 22.3. The average Bonchev–Trinajstić information content (AvgIpc) is 2.25. The van der Waals surface area contributed by atoms with E-state index in [0.29, 0.717) is 11.6 Å². The molecule has 1 fully saturated rings. The van der Waals surface area contributed by atoms with E-state index in [9.17, 15) is 9.59 Å². The van der Waals surface area contributed by atoms with E-state index in [2.05, 4.69) is 10.6 Å². The lowest BCUT2D eigenvalue weighted by atomic mass is 9.90. The topological polar surface area (TPSA) is 58.2 Å². The highest BCUT2D eigenvalue weighted by atomic mass is 35.5. The van der Waals surface area contributed by atoms with Crippen LogP contribution >= 0.6 is 11.6 Å². The predicted octanol–water partition coefficient (Wildman–Crippen LogP) is 0.801. The molecule has 2 rings (SSSR count). The second-order valence-corrected chi connectivity index (χ2v) is 4.41. The molecule has 84 valence electrons. The van der Waals surface area contributed by atoms with Crippen molar-refractivity contribution in [2.45, 2.75) is 12.5 Å². The maximum atomic E-state index is 11.3. The fourth-order valence-corrected chi connectivity index (χ4v) is 1.81. The number of halogens is 1. The van der Waals surface area contributed by atoms with E-state index in [4.69, 9.17) is 11.6 Å². The molecule has 2 N–H and O–H groups in total. The molecule has 1 aliphatic rings. The summed E-state index contributed by atoms with van der Waals surface area (Å²) in [5.74, 6) is -1.20. The Morgan fingerprint density at radius 2 is 1.81 bits per heavy atom. The molecule has 4 nitrogen and oxygen atoms in total. The SMILES string of the molecule is CC1(c2ccc(Cl)cc2)CNC(=O)C(=O)N1. The van der Waals surface area contributed by atoms with Crippen molar-refractivity contribution in [3.05, 3.63) is 34.9 Å². The van der Waals surface area contributed by atoms with E-state index in [1.54, 1.807) is 12.1 Å². The molecule has 0 spiro atoms. The predicted molar refractivity (Wildman–Crippen MR) is 60.0 cm³/mol. The number of hydrogen-bond acceptors (Lipinski definition) is 2. The zero-order valence-corrected chi connectivity index (χ0v) is 9.47. The first-order chi connectivity index (χ1) is 7.51. The highest BCUT2D eigenvalue weighted by molar-refractivity contribution is 6.35. The second-order valence-electron chi connectivity index (χ2n) is 3.98. The van der Waals surface area contributed by atoms with Gasteiger partial charge in [-0.25, -0.2) is 0 Å². The lowest BCUT2D eigenvalue weighted by Crippen LogP contribution is -2.60. The van der Waals surface area contributed by atoms with Crippen LogP contribution in [-0.4, -0.2) is 18.4 Å². The molecular formula is C11H11ClN2O2. The van der Waals surface area contributed by atoms with Gasteiger partial charge in [-0.2, -0.15) is 0 Å². The number of nitrogens with one attached hydrogen (secondary N) is 2. The van der Waals surface area contributed by atoms with Crippen molar-refractivity contribution in [1.29, 1.82) is 0 Å². The number of benzene rings is 1. The van der Waals surface area contributed by atoms with Crippen molar-refractivity contribution in [1.82, 2.24) is 10.6 Å². The molecule has 0 saturated carbocycles. The highest BCUT2D eigenvalue weighted by Crippen LogP contribution is 2.23. The molecule has 0 bridgehead atoms. The Morgan fingerprint density at radius 1 is 1.19 bits per heavy atom. The Balaban J connectivity index is 2.29. The van der Waals surface area contributed by atoms with Crippen LogP contribution in [0, 0.1) is 0 Å². The van der Waals surface area contributed by atoms with Crippen molar-refractivity contribution >= 4 is 23.4 Å². The summed E-state index contributed by atoms with van der Waals surface area (Å²) in [5.41, 5.74) is 0.334. The Bertz CT molecular complexity index is 444. The molecule has 1 aliphatic heterocycles. The van der Waals surface area contributed by atoms with Gasteiger partial charge < -0.3 is 10.6 Å². The fourth-order valence-electron chi connectivity index (χ4n) is 1.68. The fraction of sp³-hybridized carbons (Fsp3) is 0.273. The van der Waals surface area contributed by atoms with Crippen LogP contribution in [0.5, 0.6) is 0 Å². The first-order valence-electron chi connectivity index (χ1n) is 4.88. The van der Waals surface area contributed by atoms with Crippen LogP contribution in [0.3, 0.4) is 0 Å². The summed E-state index contributed by atoms with van der Waals surface area (Å²) in [6.07, 6.45) is 0. The Hall–Kier alpha value is -1.55. The number of rotatable bonds is 1. The molecule has 1 unspecified atom stereocenters. The summed E-state index contributed by atoms with van der Waals surface area (Å²) in [6.45, 7) is 2.23. The number of carbonyl (C=O) groups excluding carboxylic acids is 2. The zero-order valence-electron chi connectivity index (χ0n) is 8.71. The first-order valence-corrected chi connectivity index (χ1v) is 5.25. The quantitative estimate of drug-likeness (QED) is 0.711. The zero-order chi connectivity index (χ0) is 11.8. The minimum Gasteiger partial charge on any atom is -0.345 e. The van der Waals surface area contributed by atoms with Gasteiger partial charge in [0.2, 0.25) is 0 Å². The molecule has 1 saturated heterocycles. The summed E-state index contributed by atoms with van der Waals surface area (Å²) in [6, 6.07) is 7.18. The van der Waals surface area contributed by atoms with Crippen LogP contribution in [0.4, 0.5) is 0 Å². The number of hydrogen-bond donors (Lipinski definition) is 2. The van der Waals surface area contributed by atoms with Crippen LogP contribution in [0.1, 0.15) is 12.5 Å². The van der Waals surface area contributed by atoms with Crippen molar-refractivity contribution < 1.29 is 9.59 Å². The van der Waals surface area contributed by atoms with E-state index in [-0.39, 0.29) is 0 Å². The number of amides is 2. The monoisotopic (exact) mass is 238 g/mol. The Kier molecular flexibility index (Phi) is 2.59. The van der Waals surface area contributed by atoms with E-state index in [1.807, 2.05) is 19.1 Å². The molecule has 1 aromatic rings. The Morgan fingerprint density at radius 3 is 2.38 bits per heavy atom. The molecule has 0 radical (unpaired) electrons. The standard InChI is InChI=1S/C11H11ClN2O2/c1-11(6-13-9(15)10(16)14-11)7-2-4-8(12)5-3-7/h2-5H,6H2,1H3,(H,13,15)(H,14,16). The van der Waals surface area contributed by atoms with Gasteiger partial charge in [-0.3, -0.25) is 9.59 Å². The van der Waals surface area contributed by atoms with Gasteiger partial charge >= 0.3 is 11.8 Å². The second kappa shape index (κ2) is 3.79. The largest absolute Gasteiger partial charge is 0.345 e. The lowest BCUT2D eigenvalue weighted by Gasteiger charge is -2.34. The average molecular weight is 239 g/mol. The van der Waals surface area contributed by atoms with Crippen molar-refractivity contribution in [2.75, 3.05) is 6.54 Å². The van der Waals surface area contributed by atoms with Gasteiger partial charge in [0, 0.05) is 11.6 Å². The van der Waals surface area contributed by atoms with Crippen molar-refractivity contribution in [2.24, 2.45) is 0 Å². The summed E-state index contributed by atoms with van der Waals surface area (Å²) < 4.78 is 0. The van der Waals surface area contributed by atoms with Gasteiger partial charge in [0.05, 0.1) is 5.54 Å². The third-order valence-corrected chi connectivity index (χ3v) is 2.93. The highest BCUT2D eigenvalue weighted by Gasteiger charge is 2.35. The van der Waals surface area contributed by atoms with Gasteiger partial charge in [0.1, 0.15) is 0 Å². The summed E-state index contributed by atoms with van der Waals surface area (Å²) in [5, 5.41) is 5.87. The summed E-state index contributed by atoms with van der Waals surface area (Å²) >= 11 is 5.79. The molecule has 16 heavy (non-hydrogen) atoms. The van der Waals surface area contributed by atoms with E-state index in [1.165, 1.54) is 0 Å². The van der Waals surface area contributed by atoms with Crippen molar-refractivity contribution in [3.8, 4) is 0 Å². The molecular weight excluding hydrogens is 228 g/mol. The van der Waals surface area contributed by atoms with Crippen LogP contribution < -0.4 is 10.6 Å². The third kappa shape index (κ3) is 1.88. The maximum Gasteiger partial charge on any atom is 0.310 e. The minimum absolute atomic E-state index is 0.374. The van der Waals surface area contributed by atoms with Crippen LogP contribution in [0.2, 0.25) is 5.02 Å². The number of carbonyl (C=O) groups is 2. The lowest BCUT2D eigenvalue weighted by molar-refractivity contribution is -0.142. The van der Waals surface area contributed by atoms with Crippen LogP contribution in [0.15, 0.2) is 24.3 Å². The van der Waals surface area contributed by atoms with Crippen LogP contribution in [-0.2, 0) is 15.1 Å². The molecule has 2 amide bonds. The van der Waals surface area contributed by atoms with Gasteiger partial charge in [0.15, 0.2) is 0 Å². The molecule has 1 aromatic carbocycles. The molecule has 1 heterocycles. The van der Waals surface area contributed by atoms with Gasteiger partial charge in [-0.1, -0.05) is 23.7 Å². The van der Waals surface area contributed by atoms with Gasteiger partial charge in [-0.05, 0) is 24.6 Å². The third-order valence-electron chi connectivity index (χ3n) is 2.68. The summed E-state index contributed by atoms with van der Waals surface area (Å²) in [7, 11) is 0. The Labute approximate surface area is 98.0 Å². The molecule has 5 heteroatoms. The van der Waals surface area contributed by atoms with Crippen molar-refractivity contribution in [3.63, 3.8) is 0 Å². The smallest absolute Gasteiger partial charge is 0.310 e. The van der Waals surface area contributed by atoms with E-state index >= 15 is 0 Å². The minimum atomic E-state index is -0.608. The maximum absolute atomic E-state index is 11.3. The number of piperazine rings is 1. The van der Waals surface area contributed by atoms with E-state index < -0.39 is 17.4 Å². The van der Waals surface area contributed by atoms with Gasteiger partial charge in [-0.15, -0.1) is 0 Å². The van der Waals surface area contributed by atoms with Crippen LogP contribution in [0.25, 0.3) is 0 Å². The molecule has 0 aromatic heterocycles. The normalized spacial score (nSPS) is 24.9.